The third kappa shape index (κ3) is 5.17. The number of sulfonamides is 1. The molecule has 1 saturated carbocycles. The molecule has 1 unspecified atom stereocenters. The summed E-state index contributed by atoms with van der Waals surface area (Å²) < 4.78 is 29.4. The van der Waals surface area contributed by atoms with Crippen LogP contribution < -0.4 is 5.32 Å². The van der Waals surface area contributed by atoms with Crippen LogP contribution in [0.5, 0.6) is 0 Å². The van der Waals surface area contributed by atoms with Crippen molar-refractivity contribution in [2.75, 3.05) is 6.54 Å². The number of hydrogen-bond donors (Lipinski definition) is 1. The molecular formula is C27H36N2O3S. The van der Waals surface area contributed by atoms with Crippen molar-refractivity contribution >= 4 is 15.9 Å². The van der Waals surface area contributed by atoms with Gasteiger partial charge in [0.2, 0.25) is 15.9 Å². The SMILES string of the molecule is Cc1cc(C)c(S(=O)(=O)N(CC(=O)NC2CCCc3ccccc32)C2CCCCC2)c(C)c1. The highest BCUT2D eigenvalue weighted by Crippen LogP contribution is 2.32. The molecule has 2 aromatic carbocycles. The highest BCUT2D eigenvalue weighted by Gasteiger charge is 2.36. The molecule has 6 heteroatoms. The number of hydrogen-bond acceptors (Lipinski definition) is 3. The summed E-state index contributed by atoms with van der Waals surface area (Å²) in [4.78, 5) is 13.6. The summed E-state index contributed by atoms with van der Waals surface area (Å²) in [6.45, 7) is 5.55. The van der Waals surface area contributed by atoms with Crippen LogP contribution in [0.3, 0.4) is 0 Å². The van der Waals surface area contributed by atoms with Crippen molar-refractivity contribution < 1.29 is 13.2 Å². The van der Waals surface area contributed by atoms with Gasteiger partial charge in [-0.3, -0.25) is 4.79 Å². The zero-order valence-electron chi connectivity index (χ0n) is 20.1. The lowest BCUT2D eigenvalue weighted by molar-refractivity contribution is -0.122. The first-order chi connectivity index (χ1) is 15.8. The third-order valence-electron chi connectivity index (χ3n) is 7.16. The number of nitrogens with zero attached hydrogens (tertiary/aromatic N) is 1. The molecule has 4 rings (SSSR count). The van der Waals surface area contributed by atoms with Crippen molar-refractivity contribution in [3.05, 3.63) is 64.2 Å². The molecule has 2 aromatic rings. The fourth-order valence-corrected chi connectivity index (χ4v) is 7.81. The molecule has 2 aliphatic carbocycles. The van der Waals surface area contributed by atoms with Gasteiger partial charge in [0.25, 0.3) is 0 Å². The Morgan fingerprint density at radius 1 is 0.970 bits per heavy atom. The summed E-state index contributed by atoms with van der Waals surface area (Å²) in [7, 11) is -3.80. The summed E-state index contributed by atoms with van der Waals surface area (Å²) in [5.41, 5.74) is 4.97. The lowest BCUT2D eigenvalue weighted by Gasteiger charge is -2.34. The van der Waals surface area contributed by atoms with E-state index >= 15 is 0 Å². The Kier molecular flexibility index (Phi) is 7.25. The number of carbonyl (C=O) groups is 1. The second-order valence-electron chi connectivity index (χ2n) is 9.78. The number of rotatable bonds is 6. The molecule has 33 heavy (non-hydrogen) atoms. The van der Waals surface area contributed by atoms with Gasteiger partial charge in [0.15, 0.2) is 0 Å². The van der Waals surface area contributed by atoms with Crippen molar-refractivity contribution in [2.45, 2.75) is 89.1 Å². The summed E-state index contributed by atoms with van der Waals surface area (Å²) in [6, 6.07) is 11.9. The zero-order chi connectivity index (χ0) is 23.6. The first-order valence-corrected chi connectivity index (χ1v) is 13.7. The molecule has 0 heterocycles. The van der Waals surface area contributed by atoms with Gasteiger partial charge in [0.05, 0.1) is 17.5 Å². The van der Waals surface area contributed by atoms with Crippen molar-refractivity contribution in [1.29, 1.82) is 0 Å². The Morgan fingerprint density at radius 2 is 1.64 bits per heavy atom. The van der Waals surface area contributed by atoms with E-state index in [-0.39, 0.29) is 24.5 Å². The predicted molar refractivity (Wildman–Crippen MR) is 132 cm³/mol. The fourth-order valence-electron chi connectivity index (χ4n) is 5.76. The van der Waals surface area contributed by atoms with Crippen molar-refractivity contribution in [3.8, 4) is 0 Å². The standard InChI is InChI=1S/C27H36N2O3S/c1-19-16-20(2)27(21(3)17-19)33(31,32)29(23-12-5-4-6-13-23)18-26(30)28-25-15-9-11-22-10-7-8-14-24(22)25/h7-8,10,14,16-17,23,25H,4-6,9,11-13,15,18H2,1-3H3,(H,28,30). The number of amides is 1. The number of benzene rings is 2. The maximum Gasteiger partial charge on any atom is 0.244 e. The summed E-state index contributed by atoms with van der Waals surface area (Å²) in [5.74, 6) is -0.215. The second-order valence-corrected chi connectivity index (χ2v) is 11.6. The summed E-state index contributed by atoms with van der Waals surface area (Å²) in [6.07, 6.45) is 7.67. The van der Waals surface area contributed by atoms with Crippen LogP contribution in [0.15, 0.2) is 41.3 Å². The molecule has 178 valence electrons. The summed E-state index contributed by atoms with van der Waals surface area (Å²) in [5, 5.41) is 3.16. The van der Waals surface area contributed by atoms with E-state index < -0.39 is 10.0 Å². The molecule has 0 spiro atoms. The Labute approximate surface area is 198 Å². The van der Waals surface area contributed by atoms with Crippen LogP contribution in [-0.4, -0.2) is 31.2 Å². The minimum Gasteiger partial charge on any atom is -0.348 e. The predicted octanol–water partition coefficient (Wildman–Crippen LogP) is 5.13. The van der Waals surface area contributed by atoms with Crippen LogP contribution in [0.25, 0.3) is 0 Å². The van der Waals surface area contributed by atoms with Gasteiger partial charge < -0.3 is 5.32 Å². The van der Waals surface area contributed by atoms with E-state index in [0.29, 0.717) is 4.90 Å². The highest BCUT2D eigenvalue weighted by molar-refractivity contribution is 7.89. The van der Waals surface area contributed by atoms with E-state index in [2.05, 4.69) is 17.4 Å². The first kappa shape index (κ1) is 24.0. The van der Waals surface area contributed by atoms with Crippen LogP contribution in [0.1, 0.15) is 78.8 Å². The number of carbonyl (C=O) groups excluding carboxylic acids is 1. The topological polar surface area (TPSA) is 66.5 Å². The van der Waals surface area contributed by atoms with Crippen LogP contribution in [0.2, 0.25) is 0 Å². The lowest BCUT2D eigenvalue weighted by atomic mass is 9.88. The Bertz CT molecular complexity index is 1100. The largest absolute Gasteiger partial charge is 0.348 e. The fraction of sp³-hybridized carbons (Fsp3) is 0.519. The highest BCUT2D eigenvalue weighted by atomic mass is 32.2. The van der Waals surface area contributed by atoms with Gasteiger partial charge in [0, 0.05) is 6.04 Å². The van der Waals surface area contributed by atoms with Crippen LogP contribution in [0, 0.1) is 20.8 Å². The molecule has 0 radical (unpaired) electrons. The molecule has 1 N–H and O–H groups in total. The van der Waals surface area contributed by atoms with Gasteiger partial charge in [-0.1, -0.05) is 61.2 Å². The van der Waals surface area contributed by atoms with Gasteiger partial charge in [0.1, 0.15) is 0 Å². The Morgan fingerprint density at radius 3 is 2.33 bits per heavy atom. The van der Waals surface area contributed by atoms with Crippen LogP contribution >= 0.6 is 0 Å². The van der Waals surface area contributed by atoms with Crippen LogP contribution in [-0.2, 0) is 21.2 Å². The molecule has 1 fully saturated rings. The number of fused-ring (bicyclic) bond motifs is 1. The smallest absolute Gasteiger partial charge is 0.244 e. The van der Waals surface area contributed by atoms with Crippen molar-refractivity contribution in [3.63, 3.8) is 0 Å². The second kappa shape index (κ2) is 9.98. The quantitative estimate of drug-likeness (QED) is 0.639. The lowest BCUT2D eigenvalue weighted by Crippen LogP contribution is -2.48. The monoisotopic (exact) mass is 468 g/mol. The van der Waals surface area contributed by atoms with E-state index in [1.54, 1.807) is 0 Å². The molecule has 0 bridgehead atoms. The molecule has 1 atom stereocenters. The number of aryl methyl sites for hydroxylation is 4. The van der Waals surface area contributed by atoms with E-state index in [4.69, 9.17) is 0 Å². The van der Waals surface area contributed by atoms with E-state index in [9.17, 15) is 13.2 Å². The van der Waals surface area contributed by atoms with Crippen molar-refractivity contribution in [1.82, 2.24) is 9.62 Å². The Balaban J connectivity index is 1.61. The van der Waals surface area contributed by atoms with E-state index in [0.717, 1.165) is 73.6 Å². The molecule has 0 saturated heterocycles. The van der Waals surface area contributed by atoms with Gasteiger partial charge in [-0.15, -0.1) is 0 Å². The molecule has 0 aromatic heterocycles. The third-order valence-corrected chi connectivity index (χ3v) is 9.36. The van der Waals surface area contributed by atoms with E-state index in [1.165, 1.54) is 9.87 Å². The zero-order valence-corrected chi connectivity index (χ0v) is 20.9. The minimum atomic E-state index is -3.80. The van der Waals surface area contributed by atoms with Gasteiger partial charge in [-0.05, 0) is 75.1 Å². The maximum absolute atomic E-state index is 14.0. The normalized spacial score (nSPS) is 19.3. The van der Waals surface area contributed by atoms with Gasteiger partial charge in [-0.2, -0.15) is 4.31 Å². The van der Waals surface area contributed by atoms with Crippen molar-refractivity contribution in [2.24, 2.45) is 0 Å². The number of nitrogens with one attached hydrogen (secondary N) is 1. The van der Waals surface area contributed by atoms with Gasteiger partial charge in [-0.25, -0.2) is 8.42 Å². The summed E-state index contributed by atoms with van der Waals surface area (Å²) >= 11 is 0. The molecule has 0 aliphatic heterocycles. The minimum absolute atomic E-state index is 0.0544. The molecule has 2 aliphatic rings. The van der Waals surface area contributed by atoms with Gasteiger partial charge >= 0.3 is 0 Å². The molecule has 1 amide bonds. The average molecular weight is 469 g/mol. The first-order valence-electron chi connectivity index (χ1n) is 12.2. The van der Waals surface area contributed by atoms with Crippen LogP contribution in [0.4, 0.5) is 0 Å². The average Bonchev–Trinajstić information content (AvgIpc) is 2.77. The van der Waals surface area contributed by atoms with E-state index in [1.807, 2.05) is 45.0 Å². The molecular weight excluding hydrogens is 432 g/mol. The maximum atomic E-state index is 14.0. The Hall–Kier alpha value is -2.18. The molecule has 5 nitrogen and oxygen atoms in total.